The van der Waals surface area contributed by atoms with E-state index in [0.29, 0.717) is 18.3 Å². The number of nitrogens with zero attached hydrogens (tertiary/aromatic N) is 2. The first-order chi connectivity index (χ1) is 15.2. The zero-order valence-electron chi connectivity index (χ0n) is 18.4. The van der Waals surface area contributed by atoms with E-state index < -0.39 is 0 Å². The molecule has 0 aliphatic heterocycles. The fourth-order valence-corrected chi connectivity index (χ4v) is 3.81. The van der Waals surface area contributed by atoms with E-state index in [1.807, 2.05) is 30.5 Å². The van der Waals surface area contributed by atoms with Crippen molar-refractivity contribution in [3.8, 4) is 5.75 Å². The Morgan fingerprint density at radius 2 is 2.00 bits per heavy atom. The van der Waals surface area contributed by atoms with Gasteiger partial charge in [0.15, 0.2) is 12.6 Å². The molecule has 31 heavy (non-hydrogen) atoms. The van der Waals surface area contributed by atoms with Gasteiger partial charge >= 0.3 is 0 Å². The van der Waals surface area contributed by atoms with Gasteiger partial charge in [0.2, 0.25) is 0 Å². The standard InChI is InChI=1S/C23H33N5O2S/c1-3-20-15-27-22(31-20)12-14-26-23(24-4-2)25-13-11-17-5-9-19(10-6-17)30-16-21(29)28-18-7-8-18/h5-6,9-10,15,18H,3-4,7-8,11-14,16H2,1-2H3,(H,28,29)(H2,24,25,26). The molecule has 168 valence electrons. The number of hydrogen-bond donors (Lipinski definition) is 3. The summed E-state index contributed by atoms with van der Waals surface area (Å²) in [4.78, 5) is 22.1. The molecule has 0 saturated heterocycles. The Hall–Kier alpha value is -2.61. The molecular formula is C23H33N5O2S. The Balaban J connectivity index is 1.37. The molecule has 1 saturated carbocycles. The third-order valence-electron chi connectivity index (χ3n) is 4.83. The molecule has 0 bridgehead atoms. The van der Waals surface area contributed by atoms with Crippen molar-refractivity contribution in [2.45, 2.75) is 52.0 Å². The molecule has 1 heterocycles. The number of thiazole rings is 1. The second-order valence-electron chi connectivity index (χ2n) is 7.54. The van der Waals surface area contributed by atoms with Crippen LogP contribution in [0.5, 0.6) is 5.75 Å². The predicted octanol–water partition coefficient (Wildman–Crippen LogP) is 2.70. The summed E-state index contributed by atoms with van der Waals surface area (Å²) in [5, 5.41) is 10.7. The molecule has 1 amide bonds. The number of hydrogen-bond acceptors (Lipinski definition) is 5. The van der Waals surface area contributed by atoms with E-state index in [2.05, 4.69) is 39.8 Å². The van der Waals surface area contributed by atoms with Crippen LogP contribution in [-0.4, -0.2) is 49.1 Å². The largest absolute Gasteiger partial charge is 0.484 e. The molecular weight excluding hydrogens is 410 g/mol. The summed E-state index contributed by atoms with van der Waals surface area (Å²) >= 11 is 1.77. The van der Waals surface area contributed by atoms with E-state index in [1.54, 1.807) is 11.3 Å². The zero-order valence-corrected chi connectivity index (χ0v) is 19.3. The van der Waals surface area contributed by atoms with Crippen molar-refractivity contribution < 1.29 is 9.53 Å². The summed E-state index contributed by atoms with van der Waals surface area (Å²) in [6, 6.07) is 8.26. The lowest BCUT2D eigenvalue weighted by Gasteiger charge is -2.11. The number of benzene rings is 1. The third kappa shape index (κ3) is 8.57. The highest BCUT2D eigenvalue weighted by Gasteiger charge is 2.23. The summed E-state index contributed by atoms with van der Waals surface area (Å²) in [5.41, 5.74) is 1.20. The van der Waals surface area contributed by atoms with Crippen LogP contribution in [0.1, 0.15) is 42.1 Å². The number of amides is 1. The van der Waals surface area contributed by atoms with Crippen LogP contribution >= 0.6 is 11.3 Å². The maximum absolute atomic E-state index is 11.7. The van der Waals surface area contributed by atoms with Gasteiger partial charge in [0.25, 0.3) is 5.91 Å². The van der Waals surface area contributed by atoms with E-state index >= 15 is 0 Å². The molecule has 2 aromatic rings. The lowest BCUT2D eigenvalue weighted by molar-refractivity contribution is -0.123. The van der Waals surface area contributed by atoms with Crippen LogP contribution < -0.4 is 20.7 Å². The molecule has 3 rings (SSSR count). The smallest absolute Gasteiger partial charge is 0.258 e. The van der Waals surface area contributed by atoms with Gasteiger partial charge < -0.3 is 20.7 Å². The number of nitrogens with one attached hydrogen (secondary N) is 3. The van der Waals surface area contributed by atoms with E-state index in [0.717, 1.165) is 56.2 Å². The Morgan fingerprint density at radius 1 is 1.19 bits per heavy atom. The summed E-state index contributed by atoms with van der Waals surface area (Å²) in [7, 11) is 0. The number of ether oxygens (including phenoxy) is 1. The van der Waals surface area contributed by atoms with Gasteiger partial charge in [0, 0.05) is 43.2 Å². The van der Waals surface area contributed by atoms with E-state index in [1.165, 1.54) is 10.4 Å². The van der Waals surface area contributed by atoms with Crippen LogP contribution in [0.15, 0.2) is 35.5 Å². The Morgan fingerprint density at radius 3 is 2.68 bits per heavy atom. The topological polar surface area (TPSA) is 87.6 Å². The van der Waals surface area contributed by atoms with Gasteiger partial charge in [0.1, 0.15) is 5.75 Å². The molecule has 0 unspecified atom stereocenters. The van der Waals surface area contributed by atoms with Gasteiger partial charge in [-0.3, -0.25) is 9.79 Å². The summed E-state index contributed by atoms with van der Waals surface area (Å²) in [6.45, 7) is 6.61. The highest BCUT2D eigenvalue weighted by atomic mass is 32.1. The third-order valence-corrected chi connectivity index (χ3v) is 6.03. The minimum atomic E-state index is -0.0494. The molecule has 7 nitrogen and oxygen atoms in total. The quantitative estimate of drug-likeness (QED) is 0.347. The van der Waals surface area contributed by atoms with Crippen molar-refractivity contribution in [3.05, 3.63) is 45.9 Å². The van der Waals surface area contributed by atoms with Crippen LogP contribution in [-0.2, 0) is 24.1 Å². The number of carbonyl (C=O) groups is 1. The van der Waals surface area contributed by atoms with E-state index in [-0.39, 0.29) is 12.5 Å². The lowest BCUT2D eigenvalue weighted by Crippen LogP contribution is -2.38. The number of carbonyl (C=O) groups excluding carboxylic acids is 1. The Bertz CT molecular complexity index is 846. The normalized spacial score (nSPS) is 13.7. The minimum Gasteiger partial charge on any atom is -0.484 e. The Kier molecular flexibility index (Phi) is 9.15. The molecule has 1 aliphatic carbocycles. The van der Waals surface area contributed by atoms with E-state index in [4.69, 9.17) is 4.74 Å². The van der Waals surface area contributed by atoms with Gasteiger partial charge in [-0.15, -0.1) is 11.3 Å². The van der Waals surface area contributed by atoms with Crippen LogP contribution in [0.2, 0.25) is 0 Å². The van der Waals surface area contributed by atoms with Crippen LogP contribution in [0, 0.1) is 0 Å². The molecule has 0 radical (unpaired) electrons. The average Bonchev–Trinajstić information content (AvgIpc) is 3.47. The van der Waals surface area contributed by atoms with Crippen molar-refractivity contribution in [1.29, 1.82) is 0 Å². The fourth-order valence-electron chi connectivity index (χ4n) is 2.96. The average molecular weight is 444 g/mol. The summed E-state index contributed by atoms with van der Waals surface area (Å²) in [5.74, 6) is 1.49. The first-order valence-electron chi connectivity index (χ1n) is 11.1. The van der Waals surface area contributed by atoms with Gasteiger partial charge in [-0.25, -0.2) is 4.98 Å². The number of aliphatic imine (C=N–C) groups is 1. The van der Waals surface area contributed by atoms with Crippen molar-refractivity contribution >= 4 is 23.2 Å². The van der Waals surface area contributed by atoms with Crippen LogP contribution in [0.25, 0.3) is 0 Å². The maximum Gasteiger partial charge on any atom is 0.258 e. The minimum absolute atomic E-state index is 0.0494. The number of rotatable bonds is 12. The zero-order chi connectivity index (χ0) is 21.9. The molecule has 8 heteroatoms. The van der Waals surface area contributed by atoms with E-state index in [9.17, 15) is 4.79 Å². The second kappa shape index (κ2) is 12.3. The van der Waals surface area contributed by atoms with Crippen molar-refractivity contribution in [2.75, 3.05) is 26.2 Å². The first kappa shape index (κ1) is 23.1. The molecule has 1 aliphatic rings. The molecule has 0 spiro atoms. The van der Waals surface area contributed by atoms with Crippen LogP contribution in [0.4, 0.5) is 0 Å². The van der Waals surface area contributed by atoms with Gasteiger partial charge in [-0.2, -0.15) is 0 Å². The molecule has 1 fully saturated rings. The Labute approximate surface area is 188 Å². The van der Waals surface area contributed by atoms with Crippen molar-refractivity contribution in [3.63, 3.8) is 0 Å². The number of aromatic nitrogens is 1. The highest BCUT2D eigenvalue weighted by molar-refractivity contribution is 7.11. The number of aryl methyl sites for hydroxylation is 1. The highest BCUT2D eigenvalue weighted by Crippen LogP contribution is 2.18. The summed E-state index contributed by atoms with van der Waals surface area (Å²) < 4.78 is 5.55. The SMILES string of the molecule is CCNC(=NCCc1ncc(CC)s1)NCCc1ccc(OCC(=O)NC2CC2)cc1. The maximum atomic E-state index is 11.7. The summed E-state index contributed by atoms with van der Waals surface area (Å²) in [6.07, 6.45) is 6.90. The molecule has 1 aromatic heterocycles. The molecule has 0 atom stereocenters. The second-order valence-corrected chi connectivity index (χ2v) is 8.74. The predicted molar refractivity (Wildman–Crippen MR) is 126 cm³/mol. The molecule has 3 N–H and O–H groups in total. The van der Waals surface area contributed by atoms with Crippen molar-refractivity contribution in [2.24, 2.45) is 4.99 Å². The fraction of sp³-hybridized carbons (Fsp3) is 0.522. The monoisotopic (exact) mass is 443 g/mol. The molecule has 1 aromatic carbocycles. The van der Waals surface area contributed by atoms with Gasteiger partial charge in [0.05, 0.1) is 5.01 Å². The first-order valence-corrected chi connectivity index (χ1v) is 11.9. The number of guanidine groups is 1. The van der Waals surface area contributed by atoms with Crippen molar-refractivity contribution in [1.82, 2.24) is 20.9 Å². The van der Waals surface area contributed by atoms with Crippen LogP contribution in [0.3, 0.4) is 0 Å². The van der Waals surface area contributed by atoms with Gasteiger partial charge in [-0.1, -0.05) is 19.1 Å². The lowest BCUT2D eigenvalue weighted by atomic mass is 10.1. The van der Waals surface area contributed by atoms with Gasteiger partial charge in [-0.05, 0) is 50.3 Å².